The van der Waals surface area contributed by atoms with Crippen molar-refractivity contribution in [1.82, 2.24) is 0 Å². The first-order valence-corrected chi connectivity index (χ1v) is 6.30. The smallest absolute Gasteiger partial charge is 0.214 e. The fraction of sp³-hybridized carbons (Fsp3) is 0.750. The van der Waals surface area contributed by atoms with Gasteiger partial charge in [-0.2, -0.15) is 0 Å². The SMILES string of the molecule is C=C(C)C(=O)SC1(CCCC)CCC1. The maximum atomic E-state index is 11.6. The highest BCUT2D eigenvalue weighted by Gasteiger charge is 2.38. The van der Waals surface area contributed by atoms with Crippen LogP contribution in [0.4, 0.5) is 0 Å². The van der Waals surface area contributed by atoms with Gasteiger partial charge in [0.2, 0.25) is 5.12 Å². The highest BCUT2D eigenvalue weighted by Crippen LogP contribution is 2.48. The Morgan fingerprint density at radius 3 is 2.50 bits per heavy atom. The maximum absolute atomic E-state index is 11.6. The molecule has 1 aliphatic carbocycles. The highest BCUT2D eigenvalue weighted by molar-refractivity contribution is 8.15. The summed E-state index contributed by atoms with van der Waals surface area (Å²) < 4.78 is 0.284. The lowest BCUT2D eigenvalue weighted by Crippen LogP contribution is -2.34. The third-order valence-electron chi connectivity index (χ3n) is 2.91. The summed E-state index contributed by atoms with van der Waals surface area (Å²) in [5.41, 5.74) is 0.692. The van der Waals surface area contributed by atoms with Crippen LogP contribution < -0.4 is 0 Å². The van der Waals surface area contributed by atoms with E-state index >= 15 is 0 Å². The zero-order valence-electron chi connectivity index (χ0n) is 9.27. The minimum absolute atomic E-state index is 0.195. The molecular weight excluding hydrogens is 192 g/mol. The molecule has 0 aromatic heterocycles. The van der Waals surface area contributed by atoms with Crippen LogP contribution in [0.2, 0.25) is 0 Å². The molecule has 0 bridgehead atoms. The second-order valence-electron chi connectivity index (χ2n) is 4.31. The molecule has 80 valence electrons. The molecule has 1 nitrogen and oxygen atoms in total. The van der Waals surface area contributed by atoms with Crippen LogP contribution in [0.15, 0.2) is 12.2 Å². The first-order chi connectivity index (χ1) is 6.59. The highest BCUT2D eigenvalue weighted by atomic mass is 32.2. The zero-order valence-corrected chi connectivity index (χ0v) is 10.1. The molecule has 0 amide bonds. The average Bonchev–Trinajstić information content (AvgIpc) is 2.08. The Morgan fingerprint density at radius 2 is 2.14 bits per heavy atom. The monoisotopic (exact) mass is 212 g/mol. The lowest BCUT2D eigenvalue weighted by molar-refractivity contribution is -0.107. The third kappa shape index (κ3) is 2.88. The minimum atomic E-state index is 0.195. The predicted octanol–water partition coefficient (Wildman–Crippen LogP) is 3.94. The lowest BCUT2D eigenvalue weighted by Gasteiger charge is -2.40. The van der Waals surface area contributed by atoms with Crippen LogP contribution >= 0.6 is 11.8 Å². The first-order valence-electron chi connectivity index (χ1n) is 5.48. The van der Waals surface area contributed by atoms with Crippen LogP contribution in [0.3, 0.4) is 0 Å². The van der Waals surface area contributed by atoms with Gasteiger partial charge in [-0.05, 0) is 31.8 Å². The third-order valence-corrected chi connectivity index (χ3v) is 4.49. The molecule has 2 heteroatoms. The second-order valence-corrected chi connectivity index (χ2v) is 5.75. The summed E-state index contributed by atoms with van der Waals surface area (Å²) in [5, 5.41) is 0.195. The molecule has 1 rings (SSSR count). The van der Waals surface area contributed by atoms with Crippen molar-refractivity contribution in [2.45, 2.75) is 57.1 Å². The van der Waals surface area contributed by atoms with E-state index in [0.717, 1.165) is 0 Å². The van der Waals surface area contributed by atoms with Crippen molar-refractivity contribution in [1.29, 1.82) is 0 Å². The Hall–Kier alpha value is -0.240. The van der Waals surface area contributed by atoms with Crippen LogP contribution in [-0.2, 0) is 4.79 Å². The molecule has 0 atom stereocenters. The quantitative estimate of drug-likeness (QED) is 0.642. The van der Waals surface area contributed by atoms with Crippen LogP contribution in [0.25, 0.3) is 0 Å². The Balaban J connectivity index is 2.45. The second kappa shape index (κ2) is 5.01. The van der Waals surface area contributed by atoms with Crippen LogP contribution in [0.1, 0.15) is 52.4 Å². The van der Waals surface area contributed by atoms with Gasteiger partial charge in [-0.15, -0.1) is 0 Å². The molecule has 0 aromatic rings. The van der Waals surface area contributed by atoms with Gasteiger partial charge in [0.1, 0.15) is 0 Å². The van der Waals surface area contributed by atoms with E-state index in [1.165, 1.54) is 38.5 Å². The van der Waals surface area contributed by atoms with Crippen molar-refractivity contribution in [2.24, 2.45) is 0 Å². The zero-order chi connectivity index (χ0) is 10.6. The van der Waals surface area contributed by atoms with Crippen LogP contribution in [0.5, 0.6) is 0 Å². The molecule has 0 N–H and O–H groups in total. The van der Waals surface area contributed by atoms with Gasteiger partial charge in [0, 0.05) is 4.75 Å². The number of unbranched alkanes of at least 4 members (excludes halogenated alkanes) is 1. The Bertz CT molecular complexity index is 228. The summed E-state index contributed by atoms with van der Waals surface area (Å²) in [7, 11) is 0. The molecule has 0 aliphatic heterocycles. The number of rotatable bonds is 5. The summed E-state index contributed by atoms with van der Waals surface area (Å²) in [6.07, 6.45) is 7.40. The molecule has 1 saturated carbocycles. The van der Waals surface area contributed by atoms with E-state index in [0.29, 0.717) is 5.57 Å². The molecule has 1 fully saturated rings. The summed E-state index contributed by atoms with van der Waals surface area (Å²) in [6.45, 7) is 7.72. The topological polar surface area (TPSA) is 17.1 Å². The lowest BCUT2D eigenvalue weighted by atomic mass is 9.80. The minimum Gasteiger partial charge on any atom is -0.282 e. The van der Waals surface area contributed by atoms with E-state index in [9.17, 15) is 4.79 Å². The van der Waals surface area contributed by atoms with Gasteiger partial charge in [0.05, 0.1) is 0 Å². The van der Waals surface area contributed by atoms with Crippen molar-refractivity contribution in [3.05, 3.63) is 12.2 Å². The summed E-state index contributed by atoms with van der Waals surface area (Å²) >= 11 is 1.54. The van der Waals surface area contributed by atoms with Gasteiger partial charge < -0.3 is 0 Å². The molecular formula is C12H20OS. The Labute approximate surface area is 91.3 Å². The standard InChI is InChI=1S/C12H20OS/c1-4-5-7-12(8-6-9-12)14-11(13)10(2)3/h2,4-9H2,1,3H3. The van der Waals surface area contributed by atoms with E-state index in [1.807, 2.05) is 6.92 Å². The van der Waals surface area contributed by atoms with E-state index in [1.54, 1.807) is 11.8 Å². The van der Waals surface area contributed by atoms with Crippen molar-refractivity contribution in [2.75, 3.05) is 0 Å². The molecule has 0 aromatic carbocycles. The van der Waals surface area contributed by atoms with Gasteiger partial charge in [-0.1, -0.05) is 44.5 Å². The molecule has 1 aliphatic rings. The summed E-state index contributed by atoms with van der Waals surface area (Å²) in [6, 6.07) is 0. The van der Waals surface area contributed by atoms with E-state index in [-0.39, 0.29) is 9.86 Å². The van der Waals surface area contributed by atoms with E-state index in [4.69, 9.17) is 0 Å². The molecule has 0 unspecified atom stereocenters. The molecule has 0 radical (unpaired) electrons. The normalized spacial score (nSPS) is 18.7. The van der Waals surface area contributed by atoms with Gasteiger partial charge in [-0.3, -0.25) is 4.79 Å². The number of carbonyl (C=O) groups is 1. The van der Waals surface area contributed by atoms with E-state index in [2.05, 4.69) is 13.5 Å². The van der Waals surface area contributed by atoms with Crippen LogP contribution in [0, 0.1) is 0 Å². The van der Waals surface area contributed by atoms with E-state index < -0.39 is 0 Å². The Morgan fingerprint density at radius 1 is 1.50 bits per heavy atom. The van der Waals surface area contributed by atoms with Gasteiger partial charge in [0.25, 0.3) is 0 Å². The molecule has 0 heterocycles. The van der Waals surface area contributed by atoms with Gasteiger partial charge in [0.15, 0.2) is 0 Å². The Kier molecular flexibility index (Phi) is 4.24. The van der Waals surface area contributed by atoms with Gasteiger partial charge in [-0.25, -0.2) is 0 Å². The largest absolute Gasteiger partial charge is 0.282 e. The molecule has 0 saturated heterocycles. The van der Waals surface area contributed by atoms with Crippen molar-refractivity contribution < 1.29 is 4.79 Å². The molecule has 0 spiro atoms. The average molecular weight is 212 g/mol. The fourth-order valence-electron chi connectivity index (χ4n) is 1.76. The van der Waals surface area contributed by atoms with Crippen molar-refractivity contribution in [3.8, 4) is 0 Å². The van der Waals surface area contributed by atoms with Crippen molar-refractivity contribution in [3.63, 3.8) is 0 Å². The number of carbonyl (C=O) groups excluding carboxylic acids is 1. The summed E-state index contributed by atoms with van der Waals surface area (Å²) in [4.78, 5) is 11.6. The van der Waals surface area contributed by atoms with Crippen molar-refractivity contribution >= 4 is 16.9 Å². The fourth-order valence-corrected chi connectivity index (χ4v) is 3.06. The number of hydrogen-bond acceptors (Lipinski definition) is 2. The van der Waals surface area contributed by atoms with Crippen LogP contribution in [-0.4, -0.2) is 9.86 Å². The molecule has 14 heavy (non-hydrogen) atoms. The van der Waals surface area contributed by atoms with Gasteiger partial charge >= 0.3 is 0 Å². The maximum Gasteiger partial charge on any atom is 0.214 e. The summed E-state index contributed by atoms with van der Waals surface area (Å²) in [5.74, 6) is 0. The number of thioether (sulfide) groups is 1. The number of hydrogen-bond donors (Lipinski definition) is 0. The predicted molar refractivity (Wildman–Crippen MR) is 63.5 cm³/mol. The first kappa shape index (κ1) is 11.8.